The van der Waals surface area contributed by atoms with E-state index in [0.29, 0.717) is 26.7 Å². The number of thiophene rings is 2. The lowest BCUT2D eigenvalue weighted by molar-refractivity contribution is 0.0699. The van der Waals surface area contributed by atoms with E-state index in [9.17, 15) is 14.7 Å². The van der Waals surface area contributed by atoms with Crippen LogP contribution in [0.25, 0.3) is 21.2 Å². The molecule has 8 heteroatoms. The molecule has 2 aromatic carbocycles. The predicted molar refractivity (Wildman–Crippen MR) is 117 cm³/mol. The highest BCUT2D eigenvalue weighted by Crippen LogP contribution is 2.40. The van der Waals surface area contributed by atoms with Gasteiger partial charge in [0.05, 0.1) is 5.56 Å². The highest BCUT2D eigenvalue weighted by atomic mass is 35.5. The molecule has 28 heavy (non-hydrogen) atoms. The summed E-state index contributed by atoms with van der Waals surface area (Å²) in [6.07, 6.45) is 0. The predicted octanol–water partition coefficient (Wildman–Crippen LogP) is 6.89. The molecule has 4 rings (SSSR count). The van der Waals surface area contributed by atoms with Crippen LogP contribution in [0.1, 0.15) is 20.7 Å². The van der Waals surface area contributed by atoms with Crippen LogP contribution < -0.4 is 5.32 Å². The maximum Gasteiger partial charge on any atom is 0.339 e. The van der Waals surface area contributed by atoms with E-state index in [-0.39, 0.29) is 16.5 Å². The van der Waals surface area contributed by atoms with E-state index >= 15 is 0 Å². The van der Waals surface area contributed by atoms with E-state index in [1.165, 1.54) is 11.3 Å². The molecule has 2 aromatic heterocycles. The number of carbonyl (C=O) groups excluding carboxylic acids is 1. The number of hydrogen-bond acceptors (Lipinski definition) is 4. The third-order valence-corrected chi connectivity index (χ3v) is 6.59. The number of aromatic carboxylic acids is 1. The van der Waals surface area contributed by atoms with Crippen LogP contribution in [0, 0.1) is 0 Å². The second-order valence-corrected chi connectivity index (χ2v) is 8.52. The number of carboxylic acids is 1. The van der Waals surface area contributed by atoms with E-state index in [1.54, 1.807) is 29.0 Å². The minimum absolute atomic E-state index is 0.00195. The van der Waals surface area contributed by atoms with Gasteiger partial charge in [0.2, 0.25) is 0 Å². The Balaban J connectivity index is 1.73. The molecule has 0 saturated carbocycles. The average Bonchev–Trinajstić information content (AvgIpc) is 3.26. The van der Waals surface area contributed by atoms with E-state index in [2.05, 4.69) is 5.32 Å². The van der Waals surface area contributed by atoms with Crippen molar-refractivity contribution < 1.29 is 14.7 Å². The van der Waals surface area contributed by atoms with Crippen molar-refractivity contribution in [3.05, 3.63) is 74.4 Å². The highest BCUT2D eigenvalue weighted by molar-refractivity contribution is 7.17. The van der Waals surface area contributed by atoms with Crippen molar-refractivity contribution in [2.24, 2.45) is 0 Å². The van der Waals surface area contributed by atoms with Crippen LogP contribution in [0.3, 0.4) is 0 Å². The summed E-state index contributed by atoms with van der Waals surface area (Å²) in [4.78, 5) is 24.7. The Morgan fingerprint density at radius 1 is 0.964 bits per heavy atom. The normalized spacial score (nSPS) is 10.9. The maximum atomic E-state index is 12.8. The summed E-state index contributed by atoms with van der Waals surface area (Å²) in [6, 6.07) is 12.4. The molecule has 0 saturated heterocycles. The summed E-state index contributed by atoms with van der Waals surface area (Å²) < 4.78 is 0.992. The Bertz CT molecular complexity index is 1230. The first kappa shape index (κ1) is 19.0. The Morgan fingerprint density at radius 3 is 2.50 bits per heavy atom. The second-order valence-electron chi connectivity index (χ2n) is 5.88. The van der Waals surface area contributed by atoms with Crippen LogP contribution in [0.2, 0.25) is 10.0 Å². The van der Waals surface area contributed by atoms with Crippen LogP contribution in [0.5, 0.6) is 0 Å². The van der Waals surface area contributed by atoms with Crippen molar-refractivity contribution in [1.82, 2.24) is 0 Å². The molecule has 0 aliphatic heterocycles. The van der Waals surface area contributed by atoms with Gasteiger partial charge in [0.15, 0.2) is 0 Å². The molecule has 4 aromatic rings. The van der Waals surface area contributed by atoms with E-state index in [0.717, 1.165) is 21.4 Å². The van der Waals surface area contributed by atoms with Crippen LogP contribution in [-0.4, -0.2) is 17.0 Å². The van der Waals surface area contributed by atoms with E-state index in [4.69, 9.17) is 23.2 Å². The lowest BCUT2D eigenvalue weighted by Crippen LogP contribution is -2.13. The standard InChI is InChI=1S/C20H11Cl2NO3S2/c21-10-5-6-11(15(22)7-10)13-8-28-19(17(13)20(25)26)23-18(24)14-9-27-16-4-2-1-3-12(14)16/h1-9H,(H,23,24)(H,25,26). The number of anilines is 1. The largest absolute Gasteiger partial charge is 0.478 e. The third-order valence-electron chi connectivity index (χ3n) is 4.18. The van der Waals surface area contributed by atoms with Gasteiger partial charge < -0.3 is 10.4 Å². The fourth-order valence-electron chi connectivity index (χ4n) is 2.89. The smallest absolute Gasteiger partial charge is 0.339 e. The highest BCUT2D eigenvalue weighted by Gasteiger charge is 2.23. The summed E-state index contributed by atoms with van der Waals surface area (Å²) in [5.41, 5.74) is 1.49. The zero-order valence-corrected chi connectivity index (χ0v) is 17.2. The van der Waals surface area contributed by atoms with Gasteiger partial charge in [0.25, 0.3) is 5.91 Å². The number of rotatable bonds is 4. The van der Waals surface area contributed by atoms with E-state index in [1.807, 2.05) is 24.3 Å². The van der Waals surface area contributed by atoms with Gasteiger partial charge in [-0.25, -0.2) is 4.79 Å². The van der Waals surface area contributed by atoms with Crippen LogP contribution in [-0.2, 0) is 0 Å². The van der Waals surface area contributed by atoms with Gasteiger partial charge in [0, 0.05) is 42.0 Å². The minimum Gasteiger partial charge on any atom is -0.478 e. The Hall–Kier alpha value is -2.38. The molecule has 2 heterocycles. The second kappa shape index (κ2) is 7.56. The Morgan fingerprint density at radius 2 is 1.75 bits per heavy atom. The number of amides is 1. The first-order chi connectivity index (χ1) is 13.5. The van der Waals surface area contributed by atoms with Crippen molar-refractivity contribution in [3.8, 4) is 11.1 Å². The topological polar surface area (TPSA) is 66.4 Å². The van der Waals surface area contributed by atoms with Crippen molar-refractivity contribution >= 4 is 72.8 Å². The van der Waals surface area contributed by atoms with E-state index < -0.39 is 5.97 Å². The van der Waals surface area contributed by atoms with Crippen molar-refractivity contribution in [2.75, 3.05) is 5.32 Å². The molecule has 0 bridgehead atoms. The summed E-state index contributed by atoms with van der Waals surface area (Å²) in [5, 5.41) is 17.8. The SMILES string of the molecule is O=C(O)c1c(-c2ccc(Cl)cc2Cl)csc1NC(=O)c1csc2ccccc12. The van der Waals surface area contributed by atoms with Gasteiger partial charge in [-0.05, 0) is 18.2 Å². The number of carbonyl (C=O) groups is 2. The summed E-state index contributed by atoms with van der Waals surface area (Å²) in [7, 11) is 0. The number of hydrogen-bond donors (Lipinski definition) is 2. The van der Waals surface area contributed by atoms with Crippen molar-refractivity contribution in [3.63, 3.8) is 0 Å². The number of carboxylic acid groups (broad SMARTS) is 1. The van der Waals surface area contributed by atoms with Gasteiger partial charge in [-0.3, -0.25) is 4.79 Å². The zero-order valence-electron chi connectivity index (χ0n) is 14.0. The molecule has 1 amide bonds. The Kier molecular flexibility index (Phi) is 5.12. The number of benzene rings is 2. The molecule has 4 nitrogen and oxygen atoms in total. The van der Waals surface area contributed by atoms with Gasteiger partial charge in [0.1, 0.15) is 10.6 Å². The molecule has 2 N–H and O–H groups in total. The lowest BCUT2D eigenvalue weighted by atomic mass is 10.0. The minimum atomic E-state index is -1.15. The van der Waals surface area contributed by atoms with Crippen LogP contribution >= 0.6 is 45.9 Å². The monoisotopic (exact) mass is 447 g/mol. The molecule has 0 aliphatic rings. The molecular formula is C20H11Cl2NO3S2. The molecular weight excluding hydrogens is 437 g/mol. The fraction of sp³-hybridized carbons (Fsp3) is 0. The zero-order chi connectivity index (χ0) is 19.8. The van der Waals surface area contributed by atoms with Gasteiger partial charge in [-0.15, -0.1) is 22.7 Å². The number of fused-ring (bicyclic) bond motifs is 1. The van der Waals surface area contributed by atoms with Gasteiger partial charge in [-0.1, -0.05) is 47.5 Å². The first-order valence-electron chi connectivity index (χ1n) is 8.03. The number of halogens is 2. The summed E-state index contributed by atoms with van der Waals surface area (Å²) in [6.45, 7) is 0. The van der Waals surface area contributed by atoms with Crippen LogP contribution in [0.4, 0.5) is 5.00 Å². The average molecular weight is 448 g/mol. The molecule has 0 aliphatic carbocycles. The summed E-state index contributed by atoms with van der Waals surface area (Å²) in [5.74, 6) is -1.50. The molecule has 0 atom stereocenters. The van der Waals surface area contributed by atoms with Gasteiger partial charge in [-0.2, -0.15) is 0 Å². The molecule has 0 spiro atoms. The number of nitrogens with one attached hydrogen (secondary N) is 1. The van der Waals surface area contributed by atoms with Gasteiger partial charge >= 0.3 is 5.97 Å². The molecule has 0 radical (unpaired) electrons. The third kappa shape index (κ3) is 3.40. The van der Waals surface area contributed by atoms with Crippen molar-refractivity contribution in [2.45, 2.75) is 0 Å². The lowest BCUT2D eigenvalue weighted by Gasteiger charge is -2.07. The summed E-state index contributed by atoms with van der Waals surface area (Å²) >= 11 is 14.8. The Labute approximate surface area is 178 Å². The first-order valence-corrected chi connectivity index (χ1v) is 10.5. The molecule has 140 valence electrons. The quantitative estimate of drug-likeness (QED) is 0.357. The maximum absolute atomic E-state index is 12.8. The van der Waals surface area contributed by atoms with Crippen molar-refractivity contribution in [1.29, 1.82) is 0 Å². The molecule has 0 fully saturated rings. The molecule has 0 unspecified atom stereocenters. The van der Waals surface area contributed by atoms with Crippen LogP contribution in [0.15, 0.2) is 53.2 Å². The fourth-order valence-corrected chi connectivity index (χ4v) is 5.29.